The highest BCUT2D eigenvalue weighted by Crippen LogP contribution is 2.14. The number of hydrogen-bond donors (Lipinski definition) is 1. The fourth-order valence-electron chi connectivity index (χ4n) is 2.15. The summed E-state index contributed by atoms with van der Waals surface area (Å²) in [5.74, 6) is 0.0873. The summed E-state index contributed by atoms with van der Waals surface area (Å²) in [6, 6.07) is 2.07. The number of hydrogen-bond acceptors (Lipinski definition) is 3. The van der Waals surface area contributed by atoms with Crippen LogP contribution in [0.15, 0.2) is 23.0 Å². The standard InChI is InChI=1S/C12H18N2O2/c1-2-6-14(11-3-5-13-8-11)12(15)10-4-7-16-9-10/h4,7,9,11,13H,2-3,5-6,8H2,1H3. The minimum Gasteiger partial charge on any atom is -0.472 e. The maximum absolute atomic E-state index is 12.2. The molecule has 1 aromatic heterocycles. The summed E-state index contributed by atoms with van der Waals surface area (Å²) in [7, 11) is 0. The lowest BCUT2D eigenvalue weighted by Gasteiger charge is -2.27. The van der Waals surface area contributed by atoms with Crippen LogP contribution in [0.4, 0.5) is 0 Å². The van der Waals surface area contributed by atoms with Gasteiger partial charge in [-0.05, 0) is 25.5 Å². The van der Waals surface area contributed by atoms with Crippen LogP contribution in [0.25, 0.3) is 0 Å². The molecular weight excluding hydrogens is 204 g/mol. The van der Waals surface area contributed by atoms with Crippen molar-refractivity contribution >= 4 is 5.91 Å². The van der Waals surface area contributed by atoms with Crippen LogP contribution in [0, 0.1) is 0 Å². The minimum atomic E-state index is 0.0873. The molecule has 0 bridgehead atoms. The molecule has 4 heteroatoms. The van der Waals surface area contributed by atoms with E-state index in [0.29, 0.717) is 11.6 Å². The highest BCUT2D eigenvalue weighted by Gasteiger charge is 2.26. The van der Waals surface area contributed by atoms with Gasteiger partial charge in [0.1, 0.15) is 6.26 Å². The smallest absolute Gasteiger partial charge is 0.257 e. The van der Waals surface area contributed by atoms with Gasteiger partial charge in [-0.1, -0.05) is 6.92 Å². The van der Waals surface area contributed by atoms with E-state index in [9.17, 15) is 4.79 Å². The van der Waals surface area contributed by atoms with Crippen LogP contribution < -0.4 is 5.32 Å². The summed E-state index contributed by atoms with van der Waals surface area (Å²) in [4.78, 5) is 14.2. The topological polar surface area (TPSA) is 45.5 Å². The Bertz CT molecular complexity index is 329. The molecule has 1 aliphatic heterocycles. The van der Waals surface area contributed by atoms with Crippen molar-refractivity contribution in [3.8, 4) is 0 Å². The molecule has 0 spiro atoms. The molecule has 2 rings (SSSR count). The Morgan fingerprint density at radius 3 is 3.12 bits per heavy atom. The first-order valence-electron chi connectivity index (χ1n) is 5.86. The van der Waals surface area contributed by atoms with Crippen LogP contribution in [-0.2, 0) is 0 Å². The van der Waals surface area contributed by atoms with Crippen LogP contribution in [0.3, 0.4) is 0 Å². The molecule has 1 N–H and O–H groups in total. The van der Waals surface area contributed by atoms with Crippen molar-refractivity contribution in [3.63, 3.8) is 0 Å². The number of amides is 1. The van der Waals surface area contributed by atoms with Crippen molar-refractivity contribution in [1.29, 1.82) is 0 Å². The van der Waals surface area contributed by atoms with Crippen molar-refractivity contribution in [2.24, 2.45) is 0 Å². The molecule has 1 amide bonds. The fraction of sp³-hybridized carbons (Fsp3) is 0.583. The first-order valence-corrected chi connectivity index (χ1v) is 5.86. The van der Waals surface area contributed by atoms with Gasteiger partial charge in [0.25, 0.3) is 5.91 Å². The second-order valence-corrected chi connectivity index (χ2v) is 4.16. The molecule has 0 aromatic carbocycles. The molecule has 1 aliphatic rings. The lowest BCUT2D eigenvalue weighted by Crippen LogP contribution is -2.41. The summed E-state index contributed by atoms with van der Waals surface area (Å²) < 4.78 is 4.96. The van der Waals surface area contributed by atoms with E-state index in [1.54, 1.807) is 12.3 Å². The van der Waals surface area contributed by atoms with E-state index >= 15 is 0 Å². The highest BCUT2D eigenvalue weighted by atomic mass is 16.3. The van der Waals surface area contributed by atoms with Crippen LogP contribution in [0.2, 0.25) is 0 Å². The maximum atomic E-state index is 12.2. The molecule has 0 aliphatic carbocycles. The number of carbonyl (C=O) groups is 1. The van der Waals surface area contributed by atoms with Gasteiger partial charge in [0.2, 0.25) is 0 Å². The number of nitrogens with zero attached hydrogens (tertiary/aromatic N) is 1. The minimum absolute atomic E-state index is 0.0873. The number of rotatable bonds is 4. The van der Waals surface area contributed by atoms with Gasteiger partial charge in [-0.3, -0.25) is 4.79 Å². The molecular formula is C12H18N2O2. The van der Waals surface area contributed by atoms with Crippen molar-refractivity contribution in [2.75, 3.05) is 19.6 Å². The number of carbonyl (C=O) groups excluding carboxylic acids is 1. The summed E-state index contributed by atoms with van der Waals surface area (Å²) in [5.41, 5.74) is 0.653. The predicted molar refractivity (Wildman–Crippen MR) is 61.3 cm³/mol. The van der Waals surface area contributed by atoms with Crippen LogP contribution in [0.1, 0.15) is 30.1 Å². The third-order valence-electron chi connectivity index (χ3n) is 2.97. The number of nitrogens with one attached hydrogen (secondary N) is 1. The van der Waals surface area contributed by atoms with Gasteiger partial charge >= 0.3 is 0 Å². The van der Waals surface area contributed by atoms with E-state index in [1.165, 1.54) is 6.26 Å². The molecule has 88 valence electrons. The Labute approximate surface area is 95.6 Å². The second-order valence-electron chi connectivity index (χ2n) is 4.16. The molecule has 2 heterocycles. The van der Waals surface area contributed by atoms with Gasteiger partial charge in [0, 0.05) is 19.1 Å². The Kier molecular flexibility index (Phi) is 3.62. The van der Waals surface area contributed by atoms with Crippen molar-refractivity contribution in [1.82, 2.24) is 10.2 Å². The lowest BCUT2D eigenvalue weighted by molar-refractivity contribution is 0.0691. The molecule has 4 nitrogen and oxygen atoms in total. The van der Waals surface area contributed by atoms with Crippen LogP contribution in [-0.4, -0.2) is 36.5 Å². The molecule has 1 fully saturated rings. The lowest BCUT2D eigenvalue weighted by atomic mass is 10.1. The Balaban J connectivity index is 2.09. The summed E-state index contributed by atoms with van der Waals surface area (Å²) in [6.07, 6.45) is 5.10. The third-order valence-corrected chi connectivity index (χ3v) is 2.97. The van der Waals surface area contributed by atoms with E-state index < -0.39 is 0 Å². The summed E-state index contributed by atoms with van der Waals surface area (Å²) in [5, 5.41) is 3.29. The second kappa shape index (κ2) is 5.16. The quantitative estimate of drug-likeness (QED) is 0.839. The molecule has 1 aromatic rings. The normalized spacial score (nSPS) is 19.9. The monoisotopic (exact) mass is 222 g/mol. The van der Waals surface area contributed by atoms with Crippen LogP contribution in [0.5, 0.6) is 0 Å². The third kappa shape index (κ3) is 2.27. The van der Waals surface area contributed by atoms with Crippen molar-refractivity contribution in [2.45, 2.75) is 25.8 Å². The van der Waals surface area contributed by atoms with Crippen molar-refractivity contribution < 1.29 is 9.21 Å². The van der Waals surface area contributed by atoms with Gasteiger partial charge in [-0.15, -0.1) is 0 Å². The zero-order valence-corrected chi connectivity index (χ0v) is 9.61. The Hall–Kier alpha value is -1.29. The van der Waals surface area contributed by atoms with E-state index in [0.717, 1.165) is 32.5 Å². The average molecular weight is 222 g/mol. The van der Waals surface area contributed by atoms with E-state index in [2.05, 4.69) is 12.2 Å². The van der Waals surface area contributed by atoms with Crippen LogP contribution >= 0.6 is 0 Å². The fourth-order valence-corrected chi connectivity index (χ4v) is 2.15. The predicted octanol–water partition coefficient (Wildman–Crippen LogP) is 1.49. The molecule has 1 atom stereocenters. The molecule has 1 unspecified atom stereocenters. The Morgan fingerprint density at radius 1 is 1.69 bits per heavy atom. The molecule has 0 saturated carbocycles. The summed E-state index contributed by atoms with van der Waals surface area (Å²) >= 11 is 0. The van der Waals surface area contributed by atoms with Gasteiger partial charge in [0.15, 0.2) is 0 Å². The highest BCUT2D eigenvalue weighted by molar-refractivity contribution is 5.94. The van der Waals surface area contributed by atoms with Crippen molar-refractivity contribution in [3.05, 3.63) is 24.2 Å². The summed E-state index contributed by atoms with van der Waals surface area (Å²) in [6.45, 7) is 4.82. The zero-order valence-electron chi connectivity index (χ0n) is 9.61. The zero-order chi connectivity index (χ0) is 11.4. The Morgan fingerprint density at radius 2 is 2.56 bits per heavy atom. The number of furan rings is 1. The first kappa shape index (κ1) is 11.2. The van der Waals surface area contributed by atoms with E-state index in [1.807, 2.05) is 4.90 Å². The maximum Gasteiger partial charge on any atom is 0.257 e. The van der Waals surface area contributed by atoms with E-state index in [-0.39, 0.29) is 5.91 Å². The molecule has 16 heavy (non-hydrogen) atoms. The van der Waals surface area contributed by atoms with Gasteiger partial charge in [-0.25, -0.2) is 0 Å². The first-order chi connectivity index (χ1) is 7.83. The average Bonchev–Trinajstić information content (AvgIpc) is 2.96. The molecule has 0 radical (unpaired) electrons. The van der Waals surface area contributed by atoms with E-state index in [4.69, 9.17) is 4.42 Å². The van der Waals surface area contributed by atoms with Gasteiger partial charge in [0.05, 0.1) is 11.8 Å². The molecule has 1 saturated heterocycles. The van der Waals surface area contributed by atoms with Gasteiger partial charge < -0.3 is 14.6 Å². The SMILES string of the molecule is CCCN(C(=O)c1ccoc1)C1CCNC1. The largest absolute Gasteiger partial charge is 0.472 e. The van der Waals surface area contributed by atoms with Gasteiger partial charge in [-0.2, -0.15) is 0 Å².